The Bertz CT molecular complexity index is 1170. The largest absolute Gasteiger partial charge is 0.313 e. The molecule has 3 aromatic rings. The van der Waals surface area contributed by atoms with Crippen LogP contribution in [-0.4, -0.2) is 11.9 Å². The summed E-state index contributed by atoms with van der Waals surface area (Å²) in [6, 6.07) is 29.0. The molecule has 1 aliphatic carbocycles. The van der Waals surface area contributed by atoms with Gasteiger partial charge in [-0.15, -0.1) is 0 Å². The van der Waals surface area contributed by atoms with Crippen LogP contribution in [0, 0.1) is 11.3 Å². The van der Waals surface area contributed by atoms with Crippen LogP contribution in [0.2, 0.25) is 0 Å². The highest BCUT2D eigenvalue weighted by molar-refractivity contribution is 7.78. The third-order valence-electron chi connectivity index (χ3n) is 6.87. The number of hydrogen-bond donors (Lipinski definition) is 0. The van der Waals surface area contributed by atoms with E-state index in [-0.39, 0.29) is 11.7 Å². The molecule has 0 radical (unpaired) electrons. The second kappa shape index (κ2) is 8.88. The van der Waals surface area contributed by atoms with Gasteiger partial charge in [0.2, 0.25) is 0 Å². The molecule has 3 aromatic carbocycles. The zero-order valence-corrected chi connectivity index (χ0v) is 19.8. The Labute approximate surface area is 191 Å². The summed E-state index contributed by atoms with van der Waals surface area (Å²) in [5, 5.41) is 1.70. The molecule has 4 rings (SSSR count). The fourth-order valence-electron chi connectivity index (χ4n) is 4.60. The molecule has 0 aromatic heterocycles. The van der Waals surface area contributed by atoms with Gasteiger partial charge in [0.1, 0.15) is 7.14 Å². The van der Waals surface area contributed by atoms with E-state index in [1.165, 1.54) is 0 Å². The molecule has 0 saturated carbocycles. The molecule has 0 saturated heterocycles. The zero-order valence-electron chi connectivity index (χ0n) is 18.9. The number of carbonyl (C=O) groups excluding carboxylic acids is 1. The average Bonchev–Trinajstić information content (AvgIpc) is 2.85. The monoisotopic (exact) mass is 440 g/mol. The average molecular weight is 441 g/mol. The number of hydrogen-bond acceptors (Lipinski definition) is 2. The SMILES string of the molecule is CC1=C(CP(=O)(c2ccccc2)c2ccccc2)C(C)C(C)(C(=O)c2ccccc2)C=C1. The van der Waals surface area contributed by atoms with Gasteiger partial charge in [0.25, 0.3) is 0 Å². The number of benzene rings is 3. The fourth-order valence-corrected chi connectivity index (χ4v) is 7.57. The van der Waals surface area contributed by atoms with Crippen LogP contribution in [0.5, 0.6) is 0 Å². The standard InChI is InChI=1S/C29H29O2P/c1-22-19-20-29(3,28(30)24-13-7-4-8-14-24)23(2)27(22)21-32(31,25-15-9-5-10-16-25)26-17-11-6-12-18-26/h4-20,23H,21H2,1-3H3. The van der Waals surface area contributed by atoms with Crippen molar-refractivity contribution in [3.63, 3.8) is 0 Å². The Morgan fingerprint density at radius 3 is 1.81 bits per heavy atom. The molecule has 3 heteroatoms. The summed E-state index contributed by atoms with van der Waals surface area (Å²) in [7, 11) is -2.93. The van der Waals surface area contributed by atoms with E-state index in [4.69, 9.17) is 0 Å². The third kappa shape index (κ3) is 3.96. The van der Waals surface area contributed by atoms with Crippen LogP contribution < -0.4 is 10.6 Å². The maximum absolute atomic E-state index is 14.7. The molecule has 0 amide bonds. The van der Waals surface area contributed by atoms with Gasteiger partial charge in [0.05, 0.1) is 5.41 Å². The summed E-state index contributed by atoms with van der Waals surface area (Å²) in [6.45, 7) is 6.17. The summed E-state index contributed by atoms with van der Waals surface area (Å²) < 4.78 is 14.7. The lowest BCUT2D eigenvalue weighted by molar-refractivity contribution is 0.0822. The molecule has 1 aliphatic rings. The van der Waals surface area contributed by atoms with Gasteiger partial charge < -0.3 is 4.57 Å². The van der Waals surface area contributed by atoms with E-state index in [0.29, 0.717) is 11.7 Å². The Balaban J connectivity index is 1.77. The van der Waals surface area contributed by atoms with Crippen molar-refractivity contribution in [1.29, 1.82) is 0 Å². The predicted molar refractivity (Wildman–Crippen MR) is 135 cm³/mol. The molecule has 0 heterocycles. The summed E-state index contributed by atoms with van der Waals surface area (Å²) in [5.74, 6) is 0.0297. The van der Waals surface area contributed by atoms with Crippen molar-refractivity contribution in [2.24, 2.45) is 11.3 Å². The summed E-state index contributed by atoms with van der Waals surface area (Å²) in [4.78, 5) is 13.5. The van der Waals surface area contributed by atoms with E-state index in [1.54, 1.807) is 0 Å². The van der Waals surface area contributed by atoms with Crippen molar-refractivity contribution < 1.29 is 9.36 Å². The first-order chi connectivity index (χ1) is 15.4. The number of allylic oxidation sites excluding steroid dienone is 4. The van der Waals surface area contributed by atoms with Crippen molar-refractivity contribution in [1.82, 2.24) is 0 Å². The molecular formula is C29H29O2P. The summed E-state index contributed by atoms with van der Waals surface area (Å²) >= 11 is 0. The van der Waals surface area contributed by atoms with E-state index in [0.717, 1.165) is 21.8 Å². The van der Waals surface area contributed by atoms with E-state index in [1.807, 2.05) is 110 Å². The normalized spacial score (nSPS) is 20.9. The number of Topliss-reactive ketones (excluding diaryl/α,β-unsaturated/α-hetero) is 1. The van der Waals surface area contributed by atoms with Crippen LogP contribution >= 0.6 is 7.14 Å². The van der Waals surface area contributed by atoms with Gasteiger partial charge in [-0.3, -0.25) is 4.79 Å². The smallest absolute Gasteiger partial charge is 0.173 e. The zero-order chi connectivity index (χ0) is 22.8. The Morgan fingerprint density at radius 2 is 1.31 bits per heavy atom. The number of carbonyl (C=O) groups is 1. The topological polar surface area (TPSA) is 34.1 Å². The molecule has 2 atom stereocenters. The number of ketones is 1. The van der Waals surface area contributed by atoms with E-state index in [2.05, 4.69) is 13.8 Å². The van der Waals surface area contributed by atoms with Gasteiger partial charge in [0, 0.05) is 22.3 Å². The van der Waals surface area contributed by atoms with Crippen LogP contribution in [0.15, 0.2) is 114 Å². The van der Waals surface area contributed by atoms with Crippen LogP contribution in [-0.2, 0) is 4.57 Å². The molecule has 2 nitrogen and oxygen atoms in total. The minimum absolute atomic E-state index is 0.0686. The van der Waals surface area contributed by atoms with Gasteiger partial charge in [0.15, 0.2) is 5.78 Å². The van der Waals surface area contributed by atoms with Crippen LogP contribution in [0.4, 0.5) is 0 Å². The third-order valence-corrected chi connectivity index (χ3v) is 9.92. The lowest BCUT2D eigenvalue weighted by Crippen LogP contribution is -2.37. The fraction of sp³-hybridized carbons (Fsp3) is 0.207. The van der Waals surface area contributed by atoms with Crippen molar-refractivity contribution in [3.05, 3.63) is 120 Å². The van der Waals surface area contributed by atoms with Crippen molar-refractivity contribution in [2.75, 3.05) is 6.16 Å². The Kier molecular flexibility index (Phi) is 6.17. The van der Waals surface area contributed by atoms with Gasteiger partial charge in [-0.2, -0.15) is 0 Å². The minimum atomic E-state index is -2.93. The first-order valence-corrected chi connectivity index (χ1v) is 12.9. The second-order valence-corrected chi connectivity index (χ2v) is 11.6. The Morgan fingerprint density at radius 1 is 0.844 bits per heavy atom. The molecular weight excluding hydrogens is 411 g/mol. The lowest BCUT2D eigenvalue weighted by Gasteiger charge is -2.38. The van der Waals surface area contributed by atoms with Crippen LogP contribution in [0.3, 0.4) is 0 Å². The maximum atomic E-state index is 14.7. The highest BCUT2D eigenvalue weighted by Gasteiger charge is 2.43. The molecule has 2 unspecified atom stereocenters. The molecule has 0 spiro atoms. The van der Waals surface area contributed by atoms with Crippen molar-refractivity contribution in [3.8, 4) is 0 Å². The van der Waals surface area contributed by atoms with Crippen LogP contribution in [0.25, 0.3) is 0 Å². The van der Waals surface area contributed by atoms with Crippen LogP contribution in [0.1, 0.15) is 31.1 Å². The predicted octanol–water partition coefficient (Wildman–Crippen LogP) is 6.41. The van der Waals surface area contributed by atoms with Crippen molar-refractivity contribution >= 4 is 23.5 Å². The maximum Gasteiger partial charge on any atom is 0.173 e. The summed E-state index contributed by atoms with van der Waals surface area (Å²) in [5.41, 5.74) is 2.21. The molecule has 0 fully saturated rings. The first-order valence-electron chi connectivity index (χ1n) is 11.1. The Hall–Kier alpha value is -2.96. The van der Waals surface area contributed by atoms with E-state index < -0.39 is 12.6 Å². The molecule has 0 aliphatic heterocycles. The van der Waals surface area contributed by atoms with E-state index in [9.17, 15) is 9.36 Å². The van der Waals surface area contributed by atoms with Gasteiger partial charge in [-0.1, -0.05) is 121 Å². The first kappa shape index (κ1) is 22.2. The van der Waals surface area contributed by atoms with Gasteiger partial charge in [-0.25, -0.2) is 0 Å². The quantitative estimate of drug-likeness (QED) is 0.328. The van der Waals surface area contributed by atoms with Gasteiger partial charge in [-0.05, 0) is 19.8 Å². The lowest BCUT2D eigenvalue weighted by atomic mass is 9.66. The number of rotatable bonds is 6. The highest BCUT2D eigenvalue weighted by Crippen LogP contribution is 2.51. The molecule has 0 N–H and O–H groups in total. The van der Waals surface area contributed by atoms with Gasteiger partial charge >= 0.3 is 0 Å². The molecule has 162 valence electrons. The minimum Gasteiger partial charge on any atom is -0.313 e. The highest BCUT2D eigenvalue weighted by atomic mass is 31.2. The van der Waals surface area contributed by atoms with E-state index >= 15 is 0 Å². The van der Waals surface area contributed by atoms with Crippen molar-refractivity contribution in [2.45, 2.75) is 20.8 Å². The summed E-state index contributed by atoms with van der Waals surface area (Å²) in [6.07, 6.45) is 4.49. The second-order valence-electron chi connectivity index (χ2n) is 8.81. The molecule has 32 heavy (non-hydrogen) atoms. The molecule has 0 bridgehead atoms.